The first-order valence-corrected chi connectivity index (χ1v) is 6.99. The van der Waals surface area contributed by atoms with Crippen LogP contribution in [0.3, 0.4) is 0 Å². The van der Waals surface area contributed by atoms with E-state index in [4.69, 9.17) is 0 Å². The third kappa shape index (κ3) is 1.63. The summed E-state index contributed by atoms with van der Waals surface area (Å²) in [6.45, 7) is 8.78. The maximum Gasteiger partial charge on any atom is 0.262 e. The lowest BCUT2D eigenvalue weighted by Gasteiger charge is -2.05. The second kappa shape index (κ2) is 3.57. The SMILES string of the molecule is CC1(C)C(NC(=O)c2sccc2Br)C1(C)C. The summed E-state index contributed by atoms with van der Waals surface area (Å²) in [5, 5.41) is 5.04. The van der Waals surface area contributed by atoms with Crippen molar-refractivity contribution in [2.75, 3.05) is 0 Å². The van der Waals surface area contributed by atoms with Gasteiger partial charge in [-0.25, -0.2) is 0 Å². The molecule has 0 aromatic carbocycles. The van der Waals surface area contributed by atoms with E-state index in [0.717, 1.165) is 9.35 Å². The molecular formula is C12H16BrNOS. The second-order valence-electron chi connectivity index (χ2n) is 5.45. The van der Waals surface area contributed by atoms with Crippen LogP contribution in [-0.2, 0) is 0 Å². The van der Waals surface area contributed by atoms with Crippen LogP contribution >= 0.6 is 27.3 Å². The zero-order valence-corrected chi connectivity index (χ0v) is 12.3. The third-order valence-electron chi connectivity index (χ3n) is 4.12. The Morgan fingerprint density at radius 2 is 1.94 bits per heavy atom. The minimum absolute atomic E-state index is 0.0329. The van der Waals surface area contributed by atoms with E-state index in [9.17, 15) is 4.79 Å². The van der Waals surface area contributed by atoms with Crippen LogP contribution in [0.5, 0.6) is 0 Å². The van der Waals surface area contributed by atoms with Crippen molar-refractivity contribution in [2.45, 2.75) is 33.7 Å². The molecule has 0 saturated heterocycles. The predicted octanol–water partition coefficient (Wildman–Crippen LogP) is 3.68. The maximum absolute atomic E-state index is 12.0. The monoisotopic (exact) mass is 301 g/mol. The molecule has 88 valence electrons. The number of nitrogens with one attached hydrogen (secondary N) is 1. The van der Waals surface area contributed by atoms with Crippen LogP contribution in [0.4, 0.5) is 0 Å². The van der Waals surface area contributed by atoms with Crippen molar-refractivity contribution in [1.82, 2.24) is 5.32 Å². The topological polar surface area (TPSA) is 29.1 Å². The molecule has 1 saturated carbocycles. The van der Waals surface area contributed by atoms with Gasteiger partial charge in [-0.05, 0) is 38.2 Å². The van der Waals surface area contributed by atoms with Crippen molar-refractivity contribution in [3.05, 3.63) is 20.8 Å². The molecule has 4 heteroatoms. The fraction of sp³-hybridized carbons (Fsp3) is 0.583. The van der Waals surface area contributed by atoms with E-state index in [1.165, 1.54) is 11.3 Å². The first-order valence-electron chi connectivity index (χ1n) is 5.32. The Bertz CT molecular complexity index is 422. The molecule has 0 unspecified atom stereocenters. The van der Waals surface area contributed by atoms with Gasteiger partial charge in [-0.2, -0.15) is 0 Å². The van der Waals surface area contributed by atoms with Gasteiger partial charge >= 0.3 is 0 Å². The van der Waals surface area contributed by atoms with E-state index in [2.05, 4.69) is 48.9 Å². The molecule has 1 aliphatic rings. The molecule has 1 N–H and O–H groups in total. The highest BCUT2D eigenvalue weighted by Gasteiger charge is 2.65. The fourth-order valence-corrected chi connectivity index (χ4v) is 3.66. The summed E-state index contributed by atoms with van der Waals surface area (Å²) in [5.41, 5.74) is 0.374. The van der Waals surface area contributed by atoms with Crippen LogP contribution in [0.15, 0.2) is 15.9 Å². The normalized spacial score (nSPS) is 21.8. The van der Waals surface area contributed by atoms with Crippen LogP contribution in [0.2, 0.25) is 0 Å². The van der Waals surface area contributed by atoms with Crippen molar-refractivity contribution in [3.8, 4) is 0 Å². The van der Waals surface area contributed by atoms with Crippen LogP contribution in [0.1, 0.15) is 37.4 Å². The molecule has 0 radical (unpaired) electrons. The first kappa shape index (κ1) is 12.1. The van der Waals surface area contributed by atoms with Crippen molar-refractivity contribution in [2.24, 2.45) is 10.8 Å². The highest BCUT2D eigenvalue weighted by Crippen LogP contribution is 2.62. The zero-order valence-electron chi connectivity index (χ0n) is 9.93. The Balaban J connectivity index is 2.09. The van der Waals surface area contributed by atoms with E-state index >= 15 is 0 Å². The Kier molecular flexibility index (Phi) is 2.70. The standard InChI is InChI=1S/C12H16BrNOS/c1-11(2)10(12(11,3)4)14-9(15)8-7(13)5-6-16-8/h5-6,10H,1-4H3,(H,14,15). The first-order chi connectivity index (χ1) is 7.28. The molecule has 0 atom stereocenters. The molecule has 1 aliphatic carbocycles. The molecule has 1 amide bonds. The largest absolute Gasteiger partial charge is 0.347 e. The molecule has 1 aromatic heterocycles. The van der Waals surface area contributed by atoms with E-state index in [0.29, 0.717) is 0 Å². The van der Waals surface area contributed by atoms with Gasteiger partial charge in [0.2, 0.25) is 0 Å². The van der Waals surface area contributed by atoms with Gasteiger partial charge in [0, 0.05) is 10.5 Å². The summed E-state index contributed by atoms with van der Waals surface area (Å²) in [6, 6.07) is 2.17. The minimum atomic E-state index is 0.0329. The lowest BCUT2D eigenvalue weighted by atomic mass is 10.0. The Morgan fingerprint density at radius 1 is 1.38 bits per heavy atom. The molecule has 1 fully saturated rings. The number of carbonyl (C=O) groups is 1. The molecular weight excluding hydrogens is 286 g/mol. The molecule has 2 nitrogen and oxygen atoms in total. The van der Waals surface area contributed by atoms with Gasteiger partial charge in [0.1, 0.15) is 4.88 Å². The number of rotatable bonds is 2. The van der Waals surface area contributed by atoms with Gasteiger partial charge in [0.25, 0.3) is 5.91 Å². The van der Waals surface area contributed by atoms with Crippen LogP contribution < -0.4 is 5.32 Å². The van der Waals surface area contributed by atoms with Gasteiger partial charge < -0.3 is 5.32 Å². The highest BCUT2D eigenvalue weighted by atomic mass is 79.9. The van der Waals surface area contributed by atoms with E-state index < -0.39 is 0 Å². The Labute approximate surface area is 109 Å². The number of amides is 1. The second-order valence-corrected chi connectivity index (χ2v) is 7.22. The van der Waals surface area contributed by atoms with E-state index in [1.807, 2.05) is 11.4 Å². The molecule has 16 heavy (non-hydrogen) atoms. The van der Waals surface area contributed by atoms with Crippen LogP contribution in [0, 0.1) is 10.8 Å². The van der Waals surface area contributed by atoms with Crippen LogP contribution in [-0.4, -0.2) is 11.9 Å². The molecule has 1 heterocycles. The smallest absolute Gasteiger partial charge is 0.262 e. The lowest BCUT2D eigenvalue weighted by Crippen LogP contribution is -2.29. The number of hydrogen-bond donors (Lipinski definition) is 1. The summed E-state index contributed by atoms with van der Waals surface area (Å²) in [6.07, 6.45) is 0. The van der Waals surface area contributed by atoms with Crippen LogP contribution in [0.25, 0.3) is 0 Å². The summed E-state index contributed by atoms with van der Waals surface area (Å²) in [5.74, 6) is 0.0329. The molecule has 0 spiro atoms. The lowest BCUT2D eigenvalue weighted by molar-refractivity contribution is 0.0947. The molecule has 2 rings (SSSR count). The van der Waals surface area contributed by atoms with Gasteiger partial charge in [-0.1, -0.05) is 27.7 Å². The van der Waals surface area contributed by atoms with Gasteiger partial charge in [0.05, 0.1) is 0 Å². The van der Waals surface area contributed by atoms with Gasteiger partial charge in [-0.3, -0.25) is 4.79 Å². The maximum atomic E-state index is 12.0. The summed E-state index contributed by atoms with van der Waals surface area (Å²) < 4.78 is 0.881. The van der Waals surface area contributed by atoms with Crippen molar-refractivity contribution >= 4 is 33.2 Å². The average molecular weight is 302 g/mol. The molecule has 0 aliphatic heterocycles. The highest BCUT2D eigenvalue weighted by molar-refractivity contribution is 9.10. The van der Waals surface area contributed by atoms with Gasteiger partial charge in [0.15, 0.2) is 0 Å². The van der Waals surface area contributed by atoms with Gasteiger partial charge in [-0.15, -0.1) is 11.3 Å². The molecule has 0 bridgehead atoms. The summed E-state index contributed by atoms with van der Waals surface area (Å²) in [7, 11) is 0. The number of carbonyl (C=O) groups excluding carboxylic acids is 1. The van der Waals surface area contributed by atoms with Crippen molar-refractivity contribution < 1.29 is 4.79 Å². The quantitative estimate of drug-likeness (QED) is 0.887. The third-order valence-corrected chi connectivity index (χ3v) is 5.96. The number of thiophene rings is 1. The predicted molar refractivity (Wildman–Crippen MR) is 70.8 cm³/mol. The Morgan fingerprint density at radius 3 is 2.31 bits per heavy atom. The van der Waals surface area contributed by atoms with E-state index in [-0.39, 0.29) is 22.8 Å². The molecule has 1 aromatic rings. The number of hydrogen-bond acceptors (Lipinski definition) is 2. The minimum Gasteiger partial charge on any atom is -0.347 e. The van der Waals surface area contributed by atoms with E-state index in [1.54, 1.807) is 0 Å². The zero-order chi connectivity index (χ0) is 12.1. The summed E-state index contributed by atoms with van der Waals surface area (Å²) >= 11 is 4.85. The summed E-state index contributed by atoms with van der Waals surface area (Å²) in [4.78, 5) is 12.8. The van der Waals surface area contributed by atoms with Crippen molar-refractivity contribution in [3.63, 3.8) is 0 Å². The Hall–Kier alpha value is -0.350. The average Bonchev–Trinajstić information content (AvgIpc) is 2.57. The van der Waals surface area contributed by atoms with Crippen molar-refractivity contribution in [1.29, 1.82) is 0 Å². The number of halogens is 1. The fourth-order valence-electron chi connectivity index (χ4n) is 2.21.